The summed E-state index contributed by atoms with van der Waals surface area (Å²) in [6.07, 6.45) is 3.66. The maximum atomic E-state index is 12.9. The standard InChI is InChI=1S/C22H34N4O4S2/c1-22(2)13-21(28)26(18-7-5-6-8-19(18)31-22)15-20(27)24-17-11-9-16(10-12-17)14-23-32(29,30)25(3)4/h5-8,16-17,23H,9-15H2,1-4H3,(H,24,27). The summed E-state index contributed by atoms with van der Waals surface area (Å²) in [6.45, 7) is 4.52. The summed E-state index contributed by atoms with van der Waals surface area (Å²) >= 11 is 1.67. The normalized spacial score (nSPS) is 23.5. The molecule has 10 heteroatoms. The van der Waals surface area contributed by atoms with E-state index in [0.717, 1.165) is 36.3 Å². The van der Waals surface area contributed by atoms with E-state index >= 15 is 0 Å². The fourth-order valence-electron chi connectivity index (χ4n) is 4.15. The number of thioether (sulfide) groups is 1. The summed E-state index contributed by atoms with van der Waals surface area (Å²) in [5.41, 5.74) is 0.792. The Morgan fingerprint density at radius 3 is 2.50 bits per heavy atom. The molecule has 1 aliphatic carbocycles. The molecule has 1 aromatic carbocycles. The van der Waals surface area contributed by atoms with E-state index in [-0.39, 0.29) is 35.1 Å². The third-order valence-electron chi connectivity index (χ3n) is 5.97. The first-order chi connectivity index (χ1) is 15.0. The summed E-state index contributed by atoms with van der Waals surface area (Å²) < 4.78 is 27.3. The monoisotopic (exact) mass is 482 g/mol. The number of carbonyl (C=O) groups is 2. The van der Waals surface area contributed by atoms with Gasteiger partial charge in [0.15, 0.2) is 0 Å². The molecule has 2 aliphatic rings. The predicted octanol–water partition coefficient (Wildman–Crippen LogP) is 2.37. The van der Waals surface area contributed by atoms with E-state index in [1.807, 2.05) is 38.1 Å². The van der Waals surface area contributed by atoms with Gasteiger partial charge in [-0.15, -0.1) is 11.8 Å². The van der Waals surface area contributed by atoms with Crippen LogP contribution in [0.3, 0.4) is 0 Å². The van der Waals surface area contributed by atoms with Crippen LogP contribution in [-0.2, 0) is 19.8 Å². The molecule has 8 nitrogen and oxygen atoms in total. The lowest BCUT2D eigenvalue weighted by Gasteiger charge is -2.30. The molecular formula is C22H34N4O4S2. The molecule has 1 heterocycles. The van der Waals surface area contributed by atoms with Gasteiger partial charge in [-0.25, -0.2) is 4.72 Å². The molecule has 0 aromatic heterocycles. The highest BCUT2D eigenvalue weighted by molar-refractivity contribution is 8.00. The molecule has 0 unspecified atom stereocenters. The number of amides is 2. The number of rotatable bonds is 7. The number of carbonyl (C=O) groups excluding carboxylic acids is 2. The minimum absolute atomic E-state index is 0.00898. The topological polar surface area (TPSA) is 98.8 Å². The Bertz CT molecular complexity index is 941. The fraction of sp³-hybridized carbons (Fsp3) is 0.636. The van der Waals surface area contributed by atoms with E-state index in [0.29, 0.717) is 13.0 Å². The highest BCUT2D eigenvalue weighted by Gasteiger charge is 2.34. The number of fused-ring (bicyclic) bond motifs is 1. The van der Waals surface area contributed by atoms with Crippen LogP contribution in [0.2, 0.25) is 0 Å². The number of nitrogens with one attached hydrogen (secondary N) is 2. The smallest absolute Gasteiger partial charge is 0.278 e. The number of hydrogen-bond donors (Lipinski definition) is 2. The largest absolute Gasteiger partial charge is 0.352 e. The van der Waals surface area contributed by atoms with Gasteiger partial charge in [0.05, 0.1) is 5.69 Å². The first kappa shape index (κ1) is 25.0. The molecule has 1 aliphatic heterocycles. The van der Waals surface area contributed by atoms with Crippen LogP contribution in [0, 0.1) is 5.92 Å². The number of para-hydroxylation sites is 1. The zero-order chi connectivity index (χ0) is 23.5. The molecule has 0 atom stereocenters. The van der Waals surface area contributed by atoms with Gasteiger partial charge in [0, 0.05) is 42.7 Å². The van der Waals surface area contributed by atoms with Gasteiger partial charge in [-0.3, -0.25) is 9.59 Å². The van der Waals surface area contributed by atoms with Gasteiger partial charge >= 0.3 is 0 Å². The van der Waals surface area contributed by atoms with Gasteiger partial charge in [-0.1, -0.05) is 12.1 Å². The molecule has 178 valence electrons. The SMILES string of the molecule is CN(C)S(=O)(=O)NCC1CCC(NC(=O)CN2C(=O)CC(C)(C)Sc3ccccc32)CC1. The molecule has 0 radical (unpaired) electrons. The van der Waals surface area contributed by atoms with Gasteiger partial charge in [-0.05, 0) is 57.6 Å². The molecule has 0 spiro atoms. The lowest BCUT2D eigenvalue weighted by Crippen LogP contribution is -2.46. The van der Waals surface area contributed by atoms with Gasteiger partial charge in [0.25, 0.3) is 10.2 Å². The van der Waals surface area contributed by atoms with Gasteiger partial charge < -0.3 is 10.2 Å². The van der Waals surface area contributed by atoms with Crippen molar-refractivity contribution in [2.45, 2.75) is 61.6 Å². The van der Waals surface area contributed by atoms with Crippen LogP contribution in [0.5, 0.6) is 0 Å². The Balaban J connectivity index is 1.54. The van der Waals surface area contributed by atoms with Crippen LogP contribution in [0.4, 0.5) is 5.69 Å². The van der Waals surface area contributed by atoms with Crippen LogP contribution in [0.1, 0.15) is 46.0 Å². The molecule has 1 aromatic rings. The second-order valence-corrected chi connectivity index (χ2v) is 13.1. The maximum absolute atomic E-state index is 12.9. The van der Waals surface area contributed by atoms with Crippen molar-refractivity contribution in [2.24, 2.45) is 5.92 Å². The van der Waals surface area contributed by atoms with E-state index in [2.05, 4.69) is 10.0 Å². The summed E-state index contributed by atoms with van der Waals surface area (Å²) in [4.78, 5) is 28.4. The van der Waals surface area contributed by atoms with Crippen LogP contribution < -0.4 is 14.9 Å². The summed E-state index contributed by atoms with van der Waals surface area (Å²) in [5.74, 6) is 0.0605. The minimum Gasteiger partial charge on any atom is -0.352 e. The van der Waals surface area contributed by atoms with Crippen molar-refractivity contribution in [3.8, 4) is 0 Å². The zero-order valence-corrected chi connectivity index (χ0v) is 20.9. The van der Waals surface area contributed by atoms with Crippen molar-refractivity contribution < 1.29 is 18.0 Å². The lowest BCUT2D eigenvalue weighted by molar-refractivity contribution is -0.124. The number of nitrogens with zero attached hydrogens (tertiary/aromatic N) is 2. The third-order valence-corrected chi connectivity index (χ3v) is 8.72. The fourth-order valence-corrected chi connectivity index (χ4v) is 6.07. The zero-order valence-electron chi connectivity index (χ0n) is 19.3. The van der Waals surface area contributed by atoms with Crippen molar-refractivity contribution in [3.63, 3.8) is 0 Å². The van der Waals surface area contributed by atoms with E-state index in [4.69, 9.17) is 0 Å². The molecule has 2 amide bonds. The average molecular weight is 483 g/mol. The molecule has 3 rings (SSSR count). The maximum Gasteiger partial charge on any atom is 0.278 e. The molecule has 2 N–H and O–H groups in total. The van der Waals surface area contributed by atoms with E-state index in [1.54, 1.807) is 16.7 Å². The molecule has 0 bridgehead atoms. The Hall–Kier alpha value is -1.62. The highest BCUT2D eigenvalue weighted by atomic mass is 32.2. The number of anilines is 1. The quantitative estimate of drug-likeness (QED) is 0.622. The van der Waals surface area contributed by atoms with Crippen molar-refractivity contribution in [1.82, 2.24) is 14.3 Å². The summed E-state index contributed by atoms with van der Waals surface area (Å²) in [5, 5.41) is 3.08. The van der Waals surface area contributed by atoms with E-state index < -0.39 is 10.2 Å². The average Bonchev–Trinajstić information content (AvgIpc) is 2.80. The molecule has 1 fully saturated rings. The second-order valence-electron chi connectivity index (χ2n) is 9.41. The molecule has 32 heavy (non-hydrogen) atoms. The van der Waals surface area contributed by atoms with Crippen molar-refractivity contribution in [3.05, 3.63) is 24.3 Å². The van der Waals surface area contributed by atoms with E-state index in [9.17, 15) is 18.0 Å². The van der Waals surface area contributed by atoms with Crippen LogP contribution in [0.25, 0.3) is 0 Å². The highest BCUT2D eigenvalue weighted by Crippen LogP contribution is 2.43. The summed E-state index contributed by atoms with van der Waals surface area (Å²) in [7, 11) is -0.409. The number of hydrogen-bond acceptors (Lipinski definition) is 5. The van der Waals surface area contributed by atoms with Crippen molar-refractivity contribution in [2.75, 3.05) is 32.1 Å². The van der Waals surface area contributed by atoms with E-state index in [1.165, 1.54) is 18.4 Å². The third kappa shape index (κ3) is 6.46. The first-order valence-electron chi connectivity index (χ1n) is 11.0. The lowest BCUT2D eigenvalue weighted by atomic mass is 9.86. The first-order valence-corrected chi connectivity index (χ1v) is 13.3. The summed E-state index contributed by atoms with van der Waals surface area (Å²) in [6, 6.07) is 7.79. The Morgan fingerprint density at radius 1 is 1.19 bits per heavy atom. The van der Waals surface area contributed by atoms with Crippen LogP contribution in [-0.4, -0.2) is 62.5 Å². The van der Waals surface area contributed by atoms with Crippen molar-refractivity contribution >= 4 is 39.5 Å². The Labute approximate surface area is 195 Å². The number of benzene rings is 1. The molecule has 0 saturated heterocycles. The Kier molecular flexibility index (Phi) is 7.90. The van der Waals surface area contributed by atoms with Crippen LogP contribution >= 0.6 is 11.8 Å². The Morgan fingerprint density at radius 2 is 1.84 bits per heavy atom. The molecule has 1 saturated carbocycles. The molecular weight excluding hydrogens is 448 g/mol. The predicted molar refractivity (Wildman–Crippen MR) is 128 cm³/mol. The van der Waals surface area contributed by atoms with Crippen LogP contribution in [0.15, 0.2) is 29.2 Å². The minimum atomic E-state index is -3.41. The second kappa shape index (κ2) is 10.1. The van der Waals surface area contributed by atoms with Gasteiger partial charge in [0.2, 0.25) is 11.8 Å². The van der Waals surface area contributed by atoms with Gasteiger partial charge in [-0.2, -0.15) is 12.7 Å². The van der Waals surface area contributed by atoms with Gasteiger partial charge in [0.1, 0.15) is 6.54 Å². The van der Waals surface area contributed by atoms with Crippen molar-refractivity contribution in [1.29, 1.82) is 0 Å².